The lowest BCUT2D eigenvalue weighted by Crippen LogP contribution is -1.67. The highest BCUT2D eigenvalue weighted by Crippen LogP contribution is 2.06. The highest BCUT2D eigenvalue weighted by molar-refractivity contribution is 5.29. The molecule has 0 bridgehead atoms. The van der Waals surface area contributed by atoms with Crippen LogP contribution in [0.5, 0.6) is 0 Å². The molecule has 0 nitrogen and oxygen atoms in total. The van der Waals surface area contributed by atoms with Crippen molar-refractivity contribution < 1.29 is 0 Å². The number of hydrogen-bond donors (Lipinski definition) is 0. The maximum atomic E-state index is 2.93. The van der Waals surface area contributed by atoms with Gasteiger partial charge in [0.1, 0.15) is 0 Å². The molecule has 1 rings (SSSR count). The van der Waals surface area contributed by atoms with Gasteiger partial charge in [-0.15, -0.1) is 0 Å². The number of hydrogen-bond acceptors (Lipinski definition) is 0. The Labute approximate surface area is 32.2 Å². The second-order valence-corrected chi connectivity index (χ2v) is 1.25. The van der Waals surface area contributed by atoms with E-state index in [0.717, 1.165) is 0 Å². The van der Waals surface area contributed by atoms with Crippen molar-refractivity contribution in [3.63, 3.8) is 0 Å². The molecule has 0 heterocycles. The Morgan fingerprint density at radius 3 is 2.20 bits per heavy atom. The summed E-state index contributed by atoms with van der Waals surface area (Å²) in [7, 11) is 0. The fourth-order valence-corrected chi connectivity index (χ4v) is 0.263. The summed E-state index contributed by atoms with van der Waals surface area (Å²) >= 11 is 0. The Hall–Kier alpha value is -0.440. The van der Waals surface area contributed by atoms with E-state index in [2.05, 4.69) is 18.8 Å². The quantitative estimate of drug-likeness (QED) is 0.401. The molecule has 0 aromatic carbocycles. The fourth-order valence-electron chi connectivity index (χ4n) is 0.263. The van der Waals surface area contributed by atoms with Gasteiger partial charge >= 0.3 is 0 Å². The van der Waals surface area contributed by atoms with Gasteiger partial charge in [-0.1, -0.05) is 18.8 Å². The molecule has 0 spiro atoms. The SMILES string of the molecule is CCC1C#C1. The van der Waals surface area contributed by atoms with Crippen molar-refractivity contribution in [2.45, 2.75) is 13.3 Å². The third kappa shape index (κ3) is 0.417. The lowest BCUT2D eigenvalue weighted by atomic mass is 10.3. The van der Waals surface area contributed by atoms with Crippen LogP contribution >= 0.6 is 0 Å². The maximum Gasteiger partial charge on any atom is 0.0809 e. The average molecular weight is 66.1 g/mol. The van der Waals surface area contributed by atoms with Crippen molar-refractivity contribution in [2.24, 2.45) is 5.92 Å². The van der Waals surface area contributed by atoms with E-state index in [9.17, 15) is 0 Å². The van der Waals surface area contributed by atoms with Crippen LogP contribution in [0.15, 0.2) is 0 Å². The summed E-state index contributed by atoms with van der Waals surface area (Å²) in [5, 5.41) is 0. The molecular formula is C5H6. The first kappa shape index (κ1) is 2.78. The topological polar surface area (TPSA) is 0 Å². The summed E-state index contributed by atoms with van der Waals surface area (Å²) < 4.78 is 0. The minimum Gasteiger partial charge on any atom is -0.0855 e. The Balaban J connectivity index is 2.08. The normalized spacial score (nSPS) is 17.0. The first-order valence-corrected chi connectivity index (χ1v) is 1.94. The van der Waals surface area contributed by atoms with Crippen LogP contribution in [-0.4, -0.2) is 0 Å². The highest BCUT2D eigenvalue weighted by Gasteiger charge is 2.02. The van der Waals surface area contributed by atoms with Crippen LogP contribution in [0.1, 0.15) is 13.3 Å². The third-order valence-corrected chi connectivity index (χ3v) is 0.757. The average Bonchev–Trinajstić information content (AvgIpc) is 2.12. The molecule has 0 aromatic rings. The monoisotopic (exact) mass is 66.0 g/mol. The van der Waals surface area contributed by atoms with Gasteiger partial charge in [0, 0.05) is 0 Å². The van der Waals surface area contributed by atoms with Crippen molar-refractivity contribution in [1.82, 2.24) is 0 Å². The van der Waals surface area contributed by atoms with Gasteiger partial charge in [0.05, 0.1) is 5.92 Å². The molecular weight excluding hydrogens is 60.1 g/mol. The second kappa shape index (κ2) is 0.755. The predicted octanol–water partition coefficient (Wildman–Crippen LogP) is 1.03. The molecule has 1 aliphatic carbocycles. The van der Waals surface area contributed by atoms with Gasteiger partial charge in [0.25, 0.3) is 0 Å². The molecule has 0 aliphatic heterocycles. The Morgan fingerprint density at radius 2 is 2.20 bits per heavy atom. The first-order chi connectivity index (χ1) is 2.43. The van der Waals surface area contributed by atoms with Gasteiger partial charge in [-0.2, -0.15) is 0 Å². The molecule has 26 valence electrons. The highest BCUT2D eigenvalue weighted by atomic mass is 14.0. The molecule has 0 heteroatoms. The molecule has 0 saturated heterocycles. The minimum absolute atomic E-state index is 0.634. The van der Waals surface area contributed by atoms with Gasteiger partial charge in [-0.25, -0.2) is 0 Å². The van der Waals surface area contributed by atoms with Crippen LogP contribution in [0.4, 0.5) is 0 Å². The first-order valence-electron chi connectivity index (χ1n) is 1.94. The van der Waals surface area contributed by atoms with E-state index in [1.807, 2.05) is 0 Å². The summed E-state index contributed by atoms with van der Waals surface area (Å²) in [6.45, 7) is 2.14. The van der Waals surface area contributed by atoms with Crippen LogP contribution in [-0.2, 0) is 0 Å². The molecule has 0 unspecified atom stereocenters. The van der Waals surface area contributed by atoms with Gasteiger partial charge in [0.2, 0.25) is 0 Å². The molecule has 0 amide bonds. The van der Waals surface area contributed by atoms with E-state index in [-0.39, 0.29) is 0 Å². The van der Waals surface area contributed by atoms with Crippen LogP contribution in [0.3, 0.4) is 0 Å². The molecule has 0 atom stereocenters. The molecule has 0 fully saturated rings. The van der Waals surface area contributed by atoms with Crippen LogP contribution in [0.25, 0.3) is 0 Å². The zero-order valence-corrected chi connectivity index (χ0v) is 3.28. The van der Waals surface area contributed by atoms with Crippen molar-refractivity contribution >= 4 is 0 Å². The summed E-state index contributed by atoms with van der Waals surface area (Å²) in [5.41, 5.74) is 0. The zero-order chi connectivity index (χ0) is 3.70. The Morgan fingerprint density at radius 1 is 1.60 bits per heavy atom. The summed E-state index contributed by atoms with van der Waals surface area (Å²) in [4.78, 5) is 0. The van der Waals surface area contributed by atoms with Crippen molar-refractivity contribution in [3.05, 3.63) is 0 Å². The van der Waals surface area contributed by atoms with E-state index in [0.29, 0.717) is 5.92 Å². The largest absolute Gasteiger partial charge is 0.0855 e. The van der Waals surface area contributed by atoms with E-state index in [4.69, 9.17) is 0 Å². The summed E-state index contributed by atoms with van der Waals surface area (Å²) in [5.74, 6) is 6.50. The van der Waals surface area contributed by atoms with Gasteiger partial charge < -0.3 is 0 Å². The van der Waals surface area contributed by atoms with E-state index < -0.39 is 0 Å². The smallest absolute Gasteiger partial charge is 0.0809 e. The molecule has 5 heavy (non-hydrogen) atoms. The second-order valence-electron chi connectivity index (χ2n) is 1.25. The third-order valence-electron chi connectivity index (χ3n) is 0.757. The molecule has 0 N–H and O–H groups in total. The molecule has 0 radical (unpaired) electrons. The fraction of sp³-hybridized carbons (Fsp3) is 0.600. The Bertz CT molecular complexity index is 73.9. The maximum absolute atomic E-state index is 2.93. The van der Waals surface area contributed by atoms with Gasteiger partial charge in [-0.3, -0.25) is 0 Å². The van der Waals surface area contributed by atoms with Crippen LogP contribution in [0, 0.1) is 17.8 Å². The zero-order valence-electron chi connectivity index (χ0n) is 3.28. The van der Waals surface area contributed by atoms with E-state index in [1.54, 1.807) is 0 Å². The number of rotatable bonds is 1. The standard InChI is InChI=1S/C5H6/c1-2-5-3-4-5/h5H,2H2,1H3. The lowest BCUT2D eigenvalue weighted by molar-refractivity contribution is 0.881. The van der Waals surface area contributed by atoms with E-state index >= 15 is 0 Å². The van der Waals surface area contributed by atoms with Crippen molar-refractivity contribution in [2.75, 3.05) is 0 Å². The van der Waals surface area contributed by atoms with Crippen molar-refractivity contribution in [3.8, 4) is 11.8 Å². The van der Waals surface area contributed by atoms with Crippen LogP contribution in [0.2, 0.25) is 0 Å². The predicted molar refractivity (Wildman–Crippen MR) is 21.6 cm³/mol. The molecule has 0 aromatic heterocycles. The minimum atomic E-state index is 0.634. The van der Waals surface area contributed by atoms with Gasteiger partial charge in [-0.05, 0) is 6.42 Å². The van der Waals surface area contributed by atoms with Crippen LogP contribution < -0.4 is 0 Å². The summed E-state index contributed by atoms with van der Waals surface area (Å²) in [6, 6.07) is 0. The van der Waals surface area contributed by atoms with E-state index in [1.165, 1.54) is 6.42 Å². The molecule has 0 saturated carbocycles. The van der Waals surface area contributed by atoms with Gasteiger partial charge in [0.15, 0.2) is 0 Å². The summed E-state index contributed by atoms with van der Waals surface area (Å²) in [6.07, 6.45) is 1.19. The lowest BCUT2D eigenvalue weighted by Gasteiger charge is -1.73. The molecule has 1 aliphatic rings. The van der Waals surface area contributed by atoms with Crippen molar-refractivity contribution in [1.29, 1.82) is 0 Å². The Kier molecular flexibility index (Phi) is 0.420.